The first-order valence-electron chi connectivity index (χ1n) is 7.17. The highest BCUT2D eigenvalue weighted by atomic mass is 16.2. The Labute approximate surface area is 120 Å². The van der Waals surface area contributed by atoms with E-state index in [-0.39, 0.29) is 12.1 Å². The van der Waals surface area contributed by atoms with Crippen LogP contribution in [0.3, 0.4) is 0 Å². The van der Waals surface area contributed by atoms with Gasteiger partial charge in [-0.2, -0.15) is 0 Å². The Kier molecular flexibility index (Phi) is 4.42. The maximum absolute atomic E-state index is 12.5. The Morgan fingerprint density at radius 3 is 2.20 bits per heavy atom. The first-order chi connectivity index (χ1) is 9.52. The van der Waals surface area contributed by atoms with E-state index in [9.17, 15) is 9.59 Å². The fourth-order valence-corrected chi connectivity index (χ4v) is 2.84. The fourth-order valence-electron chi connectivity index (χ4n) is 2.84. The van der Waals surface area contributed by atoms with E-state index in [0.29, 0.717) is 0 Å². The molecule has 1 aromatic rings. The van der Waals surface area contributed by atoms with Crippen LogP contribution in [0.1, 0.15) is 33.1 Å². The third kappa shape index (κ3) is 2.84. The minimum Gasteiger partial charge on any atom is -0.329 e. The van der Waals surface area contributed by atoms with Gasteiger partial charge in [0, 0.05) is 24.8 Å². The number of hydrogen-bond donors (Lipinski definition) is 0. The number of hydrogen-bond acceptors (Lipinski definition) is 2. The average molecular weight is 274 g/mol. The summed E-state index contributed by atoms with van der Waals surface area (Å²) in [6, 6.07) is 9.53. The van der Waals surface area contributed by atoms with Crippen molar-refractivity contribution >= 4 is 17.5 Å². The zero-order valence-corrected chi connectivity index (χ0v) is 12.4. The summed E-state index contributed by atoms with van der Waals surface area (Å²) in [5, 5.41) is 0. The van der Waals surface area contributed by atoms with Gasteiger partial charge >= 0.3 is 11.8 Å². The van der Waals surface area contributed by atoms with Crippen molar-refractivity contribution in [2.24, 2.45) is 0 Å². The van der Waals surface area contributed by atoms with Gasteiger partial charge in [0.25, 0.3) is 0 Å². The number of amides is 2. The summed E-state index contributed by atoms with van der Waals surface area (Å²) < 4.78 is 0. The Balaban J connectivity index is 2.14. The lowest BCUT2D eigenvalue weighted by atomic mass is 9.97. The standard InChI is InChI=1S/C16H22N2O2/c1-12-8-7-9-13(2)18(12)16(20)15(19)17(3)14-10-5-4-6-11-14/h4-6,10-13H,7-9H2,1-3H3. The smallest absolute Gasteiger partial charge is 0.316 e. The number of likely N-dealkylation sites (N-methyl/N-ethyl adjacent to an activating group) is 1. The van der Waals surface area contributed by atoms with Crippen LogP contribution in [0.5, 0.6) is 0 Å². The van der Waals surface area contributed by atoms with Gasteiger partial charge < -0.3 is 9.80 Å². The Morgan fingerprint density at radius 2 is 1.65 bits per heavy atom. The molecule has 0 spiro atoms. The number of carbonyl (C=O) groups excluding carboxylic acids is 2. The van der Waals surface area contributed by atoms with Gasteiger partial charge in [-0.25, -0.2) is 0 Å². The molecule has 4 heteroatoms. The van der Waals surface area contributed by atoms with E-state index in [2.05, 4.69) is 0 Å². The lowest BCUT2D eigenvalue weighted by molar-refractivity contribution is -0.148. The monoisotopic (exact) mass is 274 g/mol. The highest BCUT2D eigenvalue weighted by Crippen LogP contribution is 2.23. The normalized spacial score (nSPS) is 22.4. The molecule has 0 aromatic heterocycles. The van der Waals surface area contributed by atoms with Gasteiger partial charge in [0.05, 0.1) is 0 Å². The Morgan fingerprint density at radius 1 is 1.10 bits per heavy atom. The summed E-state index contributed by atoms with van der Waals surface area (Å²) in [7, 11) is 1.65. The van der Waals surface area contributed by atoms with Crippen molar-refractivity contribution in [1.29, 1.82) is 0 Å². The van der Waals surface area contributed by atoms with E-state index < -0.39 is 11.8 Å². The summed E-state index contributed by atoms with van der Waals surface area (Å²) >= 11 is 0. The SMILES string of the molecule is CC1CCCC(C)N1C(=O)C(=O)N(C)c1ccccc1. The topological polar surface area (TPSA) is 40.6 Å². The quantitative estimate of drug-likeness (QED) is 0.738. The van der Waals surface area contributed by atoms with Crippen LogP contribution < -0.4 is 4.90 Å². The number of piperidine rings is 1. The molecule has 0 bridgehead atoms. The van der Waals surface area contributed by atoms with Crippen molar-refractivity contribution in [3.63, 3.8) is 0 Å². The van der Waals surface area contributed by atoms with E-state index in [0.717, 1.165) is 24.9 Å². The molecule has 0 aliphatic carbocycles. The number of benzene rings is 1. The molecule has 108 valence electrons. The molecule has 1 aliphatic heterocycles. The van der Waals surface area contributed by atoms with Gasteiger partial charge in [0.2, 0.25) is 0 Å². The van der Waals surface area contributed by atoms with E-state index in [1.807, 2.05) is 44.2 Å². The molecule has 2 rings (SSSR count). The van der Waals surface area contributed by atoms with Crippen LogP contribution in [-0.4, -0.2) is 35.8 Å². The summed E-state index contributed by atoms with van der Waals surface area (Å²) in [5.74, 6) is -0.854. The minimum absolute atomic E-state index is 0.138. The first-order valence-corrected chi connectivity index (χ1v) is 7.17. The second-order valence-corrected chi connectivity index (χ2v) is 5.54. The van der Waals surface area contributed by atoms with Gasteiger partial charge in [0.15, 0.2) is 0 Å². The summed E-state index contributed by atoms with van der Waals surface area (Å²) in [6.45, 7) is 4.03. The first kappa shape index (κ1) is 14.6. The van der Waals surface area contributed by atoms with E-state index >= 15 is 0 Å². The predicted octanol–water partition coefficient (Wildman–Crippen LogP) is 2.44. The molecule has 2 unspecified atom stereocenters. The number of anilines is 1. The predicted molar refractivity (Wildman–Crippen MR) is 79.5 cm³/mol. The van der Waals surface area contributed by atoms with Gasteiger partial charge in [-0.3, -0.25) is 9.59 Å². The second-order valence-electron chi connectivity index (χ2n) is 5.54. The molecule has 1 aliphatic rings. The van der Waals surface area contributed by atoms with E-state index in [1.54, 1.807) is 11.9 Å². The van der Waals surface area contributed by atoms with Crippen LogP contribution in [-0.2, 0) is 9.59 Å². The van der Waals surface area contributed by atoms with Crippen molar-refractivity contribution in [3.05, 3.63) is 30.3 Å². The van der Waals surface area contributed by atoms with Gasteiger partial charge in [-0.15, -0.1) is 0 Å². The van der Waals surface area contributed by atoms with Crippen molar-refractivity contribution < 1.29 is 9.59 Å². The molecule has 0 N–H and O–H groups in total. The molecule has 1 fully saturated rings. The third-order valence-electron chi connectivity index (χ3n) is 4.06. The highest BCUT2D eigenvalue weighted by molar-refractivity contribution is 6.40. The number of rotatable bonds is 1. The largest absolute Gasteiger partial charge is 0.329 e. The zero-order chi connectivity index (χ0) is 14.7. The van der Waals surface area contributed by atoms with Crippen LogP contribution in [0, 0.1) is 0 Å². The molecular weight excluding hydrogens is 252 g/mol. The Bertz CT molecular complexity index is 477. The molecule has 1 heterocycles. The van der Waals surface area contributed by atoms with Crippen molar-refractivity contribution in [2.75, 3.05) is 11.9 Å². The van der Waals surface area contributed by atoms with Crippen LogP contribution in [0.15, 0.2) is 30.3 Å². The third-order valence-corrected chi connectivity index (χ3v) is 4.06. The zero-order valence-electron chi connectivity index (χ0n) is 12.4. The lowest BCUT2D eigenvalue weighted by Crippen LogP contribution is -2.53. The number of carbonyl (C=O) groups is 2. The van der Waals surface area contributed by atoms with Crippen LogP contribution in [0.4, 0.5) is 5.69 Å². The van der Waals surface area contributed by atoms with Crippen molar-refractivity contribution in [1.82, 2.24) is 4.90 Å². The maximum Gasteiger partial charge on any atom is 0.316 e. The van der Waals surface area contributed by atoms with Gasteiger partial charge in [-0.05, 0) is 45.2 Å². The van der Waals surface area contributed by atoms with Crippen molar-refractivity contribution in [3.8, 4) is 0 Å². The van der Waals surface area contributed by atoms with Gasteiger partial charge in [-0.1, -0.05) is 18.2 Å². The molecule has 0 radical (unpaired) electrons. The van der Waals surface area contributed by atoms with Crippen molar-refractivity contribution in [2.45, 2.75) is 45.2 Å². The fraction of sp³-hybridized carbons (Fsp3) is 0.500. The van der Waals surface area contributed by atoms with Gasteiger partial charge in [0.1, 0.15) is 0 Å². The summed E-state index contributed by atoms with van der Waals surface area (Å²) in [5.41, 5.74) is 0.739. The maximum atomic E-state index is 12.5. The lowest BCUT2D eigenvalue weighted by Gasteiger charge is -2.39. The molecule has 2 amide bonds. The van der Waals surface area contributed by atoms with E-state index in [1.165, 1.54) is 4.90 Å². The number of likely N-dealkylation sites (tertiary alicyclic amines) is 1. The van der Waals surface area contributed by atoms with Crippen LogP contribution in [0.2, 0.25) is 0 Å². The number of para-hydroxylation sites is 1. The molecule has 1 aromatic carbocycles. The molecule has 4 nitrogen and oxygen atoms in total. The molecule has 1 saturated heterocycles. The van der Waals surface area contributed by atoms with Crippen LogP contribution >= 0.6 is 0 Å². The molecule has 20 heavy (non-hydrogen) atoms. The van der Waals surface area contributed by atoms with Crippen LogP contribution in [0.25, 0.3) is 0 Å². The second kappa shape index (κ2) is 6.07. The number of nitrogens with zero attached hydrogens (tertiary/aromatic N) is 2. The average Bonchev–Trinajstić information content (AvgIpc) is 2.46. The van der Waals surface area contributed by atoms with E-state index in [4.69, 9.17) is 0 Å². The summed E-state index contributed by atoms with van der Waals surface area (Å²) in [4.78, 5) is 28.0. The molecule has 2 atom stereocenters. The minimum atomic E-state index is -0.461. The molecule has 0 saturated carbocycles. The summed E-state index contributed by atoms with van der Waals surface area (Å²) in [6.07, 6.45) is 3.06. The molecular formula is C16H22N2O2. The highest BCUT2D eigenvalue weighted by Gasteiger charge is 2.34. The Hall–Kier alpha value is -1.84.